The lowest BCUT2D eigenvalue weighted by Crippen LogP contribution is -2.46. The van der Waals surface area contributed by atoms with Gasteiger partial charge in [-0.25, -0.2) is 4.79 Å². The summed E-state index contributed by atoms with van der Waals surface area (Å²) < 4.78 is 0. The quantitative estimate of drug-likeness (QED) is 0.853. The molecule has 3 rings (SSSR count). The first-order chi connectivity index (χ1) is 12.0. The van der Waals surface area contributed by atoms with Gasteiger partial charge in [-0.05, 0) is 49.6 Å². The number of hydrogen-bond donors (Lipinski definition) is 1. The molecule has 25 heavy (non-hydrogen) atoms. The number of benzene rings is 2. The predicted octanol–water partition coefficient (Wildman–Crippen LogP) is 4.80. The molecule has 1 amide bonds. The number of hydrogen-bond acceptors (Lipinski definition) is 2. The van der Waals surface area contributed by atoms with Gasteiger partial charge in [0.25, 0.3) is 0 Å². The summed E-state index contributed by atoms with van der Waals surface area (Å²) >= 11 is 6.14. The summed E-state index contributed by atoms with van der Waals surface area (Å²) in [5, 5.41) is 9.91. The molecule has 1 N–H and O–H groups in total. The second-order valence-corrected chi connectivity index (χ2v) is 7.03. The van der Waals surface area contributed by atoms with Gasteiger partial charge in [-0.15, -0.1) is 0 Å². The Hall–Kier alpha value is -2.20. The lowest BCUT2D eigenvalue weighted by molar-refractivity contribution is 0.131. The summed E-state index contributed by atoms with van der Waals surface area (Å²) in [5.41, 5.74) is 3.56. The van der Waals surface area contributed by atoms with Crippen molar-refractivity contribution in [2.75, 3.05) is 18.0 Å². The van der Waals surface area contributed by atoms with Crippen LogP contribution < -0.4 is 4.90 Å². The van der Waals surface area contributed by atoms with Crippen LogP contribution in [0.3, 0.4) is 0 Å². The lowest BCUT2D eigenvalue weighted by atomic mass is 10.0. The molecule has 0 aromatic heterocycles. The fourth-order valence-electron chi connectivity index (χ4n) is 3.37. The molecule has 2 aromatic carbocycles. The smallest absolute Gasteiger partial charge is 0.407 e. The molecule has 1 heterocycles. The van der Waals surface area contributed by atoms with Crippen LogP contribution in [0, 0.1) is 6.92 Å². The first-order valence-corrected chi connectivity index (χ1v) is 8.96. The highest BCUT2D eigenvalue weighted by molar-refractivity contribution is 6.30. The van der Waals surface area contributed by atoms with Crippen molar-refractivity contribution in [3.8, 4) is 0 Å². The Balaban J connectivity index is 1.82. The number of rotatable bonds is 4. The van der Waals surface area contributed by atoms with Gasteiger partial charge in [0.15, 0.2) is 0 Å². The van der Waals surface area contributed by atoms with Crippen LogP contribution in [0.25, 0.3) is 0 Å². The minimum Gasteiger partial charge on any atom is -0.465 e. The van der Waals surface area contributed by atoms with Crippen molar-refractivity contribution in [3.05, 3.63) is 64.7 Å². The zero-order chi connectivity index (χ0) is 17.8. The van der Waals surface area contributed by atoms with Gasteiger partial charge in [-0.3, -0.25) is 0 Å². The molecule has 132 valence electrons. The minimum atomic E-state index is -0.824. The molecule has 0 bridgehead atoms. The second kappa shape index (κ2) is 7.79. The largest absolute Gasteiger partial charge is 0.465 e. The van der Waals surface area contributed by atoms with Crippen LogP contribution in [0.1, 0.15) is 24.0 Å². The zero-order valence-electron chi connectivity index (χ0n) is 14.4. The molecule has 0 unspecified atom stereocenters. The number of likely N-dealkylation sites (tertiary alicyclic amines) is 1. The highest BCUT2D eigenvalue weighted by Crippen LogP contribution is 2.27. The van der Waals surface area contributed by atoms with E-state index in [0.29, 0.717) is 19.1 Å². The van der Waals surface area contributed by atoms with E-state index in [2.05, 4.69) is 42.2 Å². The fraction of sp³-hybridized carbons (Fsp3) is 0.350. The molecular formula is C20H23ClN2O2. The molecule has 0 spiro atoms. The van der Waals surface area contributed by atoms with Gasteiger partial charge < -0.3 is 14.9 Å². The van der Waals surface area contributed by atoms with Crippen LogP contribution in [-0.4, -0.2) is 35.2 Å². The Bertz CT molecular complexity index is 725. The summed E-state index contributed by atoms with van der Waals surface area (Å²) in [7, 11) is 0. The standard InChI is InChI=1S/C20H23ClN2O2/c1-15-5-7-18(8-6-15)23(14-16-3-2-4-17(21)13-16)19-9-11-22(12-10-19)20(24)25/h2-8,13,19H,9-12,14H2,1H3,(H,24,25). The van der Waals surface area contributed by atoms with E-state index in [0.717, 1.165) is 30.0 Å². The molecule has 1 fully saturated rings. The van der Waals surface area contributed by atoms with E-state index < -0.39 is 6.09 Å². The van der Waals surface area contributed by atoms with Gasteiger partial charge in [-0.1, -0.05) is 41.4 Å². The van der Waals surface area contributed by atoms with Crippen molar-refractivity contribution >= 4 is 23.4 Å². The topological polar surface area (TPSA) is 43.8 Å². The van der Waals surface area contributed by atoms with Crippen molar-refractivity contribution in [1.82, 2.24) is 4.90 Å². The van der Waals surface area contributed by atoms with E-state index in [1.54, 1.807) is 0 Å². The van der Waals surface area contributed by atoms with E-state index >= 15 is 0 Å². The summed E-state index contributed by atoms with van der Waals surface area (Å²) in [4.78, 5) is 15.0. The Morgan fingerprint density at radius 1 is 1.20 bits per heavy atom. The average Bonchev–Trinajstić information content (AvgIpc) is 2.61. The molecule has 4 nitrogen and oxygen atoms in total. The number of halogens is 1. The fourth-order valence-corrected chi connectivity index (χ4v) is 3.58. The van der Waals surface area contributed by atoms with Crippen molar-refractivity contribution in [3.63, 3.8) is 0 Å². The molecule has 0 saturated carbocycles. The average molecular weight is 359 g/mol. The van der Waals surface area contributed by atoms with Gasteiger partial charge in [-0.2, -0.15) is 0 Å². The van der Waals surface area contributed by atoms with E-state index in [1.165, 1.54) is 16.2 Å². The minimum absolute atomic E-state index is 0.317. The van der Waals surface area contributed by atoms with Gasteiger partial charge in [0.05, 0.1) is 0 Å². The monoisotopic (exact) mass is 358 g/mol. The normalized spacial score (nSPS) is 15.2. The van der Waals surface area contributed by atoms with Gasteiger partial charge in [0.1, 0.15) is 0 Å². The molecule has 1 aliphatic rings. The maximum Gasteiger partial charge on any atom is 0.407 e. The van der Waals surface area contributed by atoms with Crippen molar-refractivity contribution in [1.29, 1.82) is 0 Å². The number of amides is 1. The number of nitrogens with zero attached hydrogens (tertiary/aromatic N) is 2. The second-order valence-electron chi connectivity index (χ2n) is 6.59. The molecule has 2 aromatic rings. The van der Waals surface area contributed by atoms with Crippen LogP contribution in [0.15, 0.2) is 48.5 Å². The highest BCUT2D eigenvalue weighted by Gasteiger charge is 2.27. The van der Waals surface area contributed by atoms with Crippen LogP contribution in [-0.2, 0) is 6.54 Å². The molecule has 1 aliphatic heterocycles. The Morgan fingerprint density at radius 2 is 1.88 bits per heavy atom. The van der Waals surface area contributed by atoms with E-state index in [4.69, 9.17) is 11.6 Å². The number of carboxylic acid groups (broad SMARTS) is 1. The number of aryl methyl sites for hydroxylation is 1. The molecular weight excluding hydrogens is 336 g/mol. The van der Waals surface area contributed by atoms with E-state index in [-0.39, 0.29) is 0 Å². The molecule has 0 radical (unpaired) electrons. The molecule has 1 saturated heterocycles. The van der Waals surface area contributed by atoms with Crippen molar-refractivity contribution in [2.24, 2.45) is 0 Å². The third kappa shape index (κ3) is 4.45. The van der Waals surface area contributed by atoms with Crippen molar-refractivity contribution < 1.29 is 9.90 Å². The highest BCUT2D eigenvalue weighted by atomic mass is 35.5. The van der Waals surface area contributed by atoms with Crippen molar-refractivity contribution in [2.45, 2.75) is 32.4 Å². The summed E-state index contributed by atoms with van der Waals surface area (Å²) in [6.45, 7) is 4.01. The van der Waals surface area contributed by atoms with Crippen LogP contribution in [0.5, 0.6) is 0 Å². The van der Waals surface area contributed by atoms with Crippen LogP contribution >= 0.6 is 11.6 Å². The first-order valence-electron chi connectivity index (χ1n) is 8.58. The first kappa shape index (κ1) is 17.6. The third-order valence-electron chi connectivity index (χ3n) is 4.78. The molecule has 0 aliphatic carbocycles. The maximum absolute atomic E-state index is 11.2. The Kier molecular flexibility index (Phi) is 5.49. The predicted molar refractivity (Wildman–Crippen MR) is 101 cm³/mol. The zero-order valence-corrected chi connectivity index (χ0v) is 15.1. The third-order valence-corrected chi connectivity index (χ3v) is 5.02. The van der Waals surface area contributed by atoms with E-state index in [1.807, 2.05) is 18.2 Å². The van der Waals surface area contributed by atoms with Crippen LogP contribution in [0.4, 0.5) is 10.5 Å². The van der Waals surface area contributed by atoms with Gasteiger partial charge in [0.2, 0.25) is 0 Å². The lowest BCUT2D eigenvalue weighted by Gasteiger charge is -2.39. The summed E-state index contributed by atoms with van der Waals surface area (Å²) in [6, 6.07) is 16.8. The molecule has 0 atom stereocenters. The SMILES string of the molecule is Cc1ccc(N(Cc2cccc(Cl)c2)C2CCN(C(=O)O)CC2)cc1. The maximum atomic E-state index is 11.2. The van der Waals surface area contributed by atoms with Gasteiger partial charge >= 0.3 is 6.09 Å². The Morgan fingerprint density at radius 3 is 2.48 bits per heavy atom. The van der Waals surface area contributed by atoms with Crippen LogP contribution in [0.2, 0.25) is 5.02 Å². The number of piperidine rings is 1. The summed E-state index contributed by atoms with van der Waals surface area (Å²) in [5.74, 6) is 0. The molecule has 5 heteroatoms. The number of carbonyl (C=O) groups is 1. The summed E-state index contributed by atoms with van der Waals surface area (Å²) in [6.07, 6.45) is 0.844. The van der Waals surface area contributed by atoms with E-state index in [9.17, 15) is 9.90 Å². The number of anilines is 1. The Labute approximate surface area is 153 Å². The van der Waals surface area contributed by atoms with Gasteiger partial charge in [0, 0.05) is 36.4 Å².